The number of rotatable bonds is 3. The number of carbonyl (C=O) groups is 1. The van der Waals surface area contributed by atoms with E-state index in [0.29, 0.717) is 17.7 Å². The number of ether oxygens (including phenoxy) is 2. The van der Waals surface area contributed by atoms with Crippen molar-refractivity contribution in [3.8, 4) is 0 Å². The number of alkyl halides is 3. The fourth-order valence-electron chi connectivity index (χ4n) is 2.13. The Kier molecular flexibility index (Phi) is 4.25. The molecule has 21 heavy (non-hydrogen) atoms. The van der Waals surface area contributed by atoms with E-state index in [1.165, 1.54) is 0 Å². The quantitative estimate of drug-likeness (QED) is 0.934. The molecule has 1 aromatic rings. The normalized spacial score (nSPS) is 21.3. The van der Waals surface area contributed by atoms with Crippen LogP contribution >= 0.6 is 0 Å². The average Bonchev–Trinajstić information content (AvgIpc) is 2.75. The largest absolute Gasteiger partial charge is 0.471 e. The Hall–Kier alpha value is -1.60. The van der Waals surface area contributed by atoms with Crippen LogP contribution in [0.25, 0.3) is 0 Å². The molecule has 2 rings (SSSR count). The van der Waals surface area contributed by atoms with Gasteiger partial charge < -0.3 is 14.8 Å². The van der Waals surface area contributed by atoms with E-state index in [0.717, 1.165) is 0 Å². The fraction of sp³-hybridized carbons (Fsp3) is 0.500. The van der Waals surface area contributed by atoms with Gasteiger partial charge in [0.15, 0.2) is 5.79 Å². The van der Waals surface area contributed by atoms with Gasteiger partial charge in [-0.2, -0.15) is 13.2 Å². The van der Waals surface area contributed by atoms with Crippen LogP contribution in [0.1, 0.15) is 31.1 Å². The lowest BCUT2D eigenvalue weighted by Crippen LogP contribution is -2.36. The first-order chi connectivity index (χ1) is 9.69. The van der Waals surface area contributed by atoms with Gasteiger partial charge in [0.05, 0.1) is 6.61 Å². The molecule has 1 aromatic carbocycles. The molecule has 4 nitrogen and oxygen atoms in total. The van der Waals surface area contributed by atoms with Crippen molar-refractivity contribution in [2.75, 3.05) is 6.61 Å². The van der Waals surface area contributed by atoms with E-state index in [2.05, 4.69) is 0 Å². The van der Waals surface area contributed by atoms with E-state index in [1.807, 2.05) is 5.32 Å². The molecule has 1 amide bonds. The van der Waals surface area contributed by atoms with Crippen molar-refractivity contribution in [2.24, 2.45) is 0 Å². The minimum atomic E-state index is -4.89. The van der Waals surface area contributed by atoms with Crippen LogP contribution in [0.15, 0.2) is 24.3 Å². The highest BCUT2D eigenvalue weighted by atomic mass is 19.4. The van der Waals surface area contributed by atoms with Crippen molar-refractivity contribution in [2.45, 2.75) is 38.5 Å². The van der Waals surface area contributed by atoms with E-state index in [9.17, 15) is 18.0 Å². The monoisotopic (exact) mass is 303 g/mol. The van der Waals surface area contributed by atoms with Gasteiger partial charge in [0, 0.05) is 6.54 Å². The maximum absolute atomic E-state index is 12.2. The Labute approximate surface area is 120 Å². The minimum absolute atomic E-state index is 0.213. The summed E-state index contributed by atoms with van der Waals surface area (Å²) in [6.45, 7) is 3.63. The van der Waals surface area contributed by atoms with Crippen molar-refractivity contribution in [3.05, 3.63) is 35.4 Å². The highest BCUT2D eigenvalue weighted by Crippen LogP contribution is 2.34. The van der Waals surface area contributed by atoms with Crippen LogP contribution in [-0.2, 0) is 20.8 Å². The van der Waals surface area contributed by atoms with Gasteiger partial charge in [-0.25, -0.2) is 0 Å². The molecule has 1 fully saturated rings. The highest BCUT2D eigenvalue weighted by molar-refractivity contribution is 5.81. The third kappa shape index (κ3) is 3.95. The van der Waals surface area contributed by atoms with Gasteiger partial charge in [-0.3, -0.25) is 4.79 Å². The molecule has 0 saturated carbocycles. The smallest absolute Gasteiger partial charge is 0.347 e. The van der Waals surface area contributed by atoms with Crippen molar-refractivity contribution >= 4 is 5.91 Å². The van der Waals surface area contributed by atoms with Crippen LogP contribution in [0.5, 0.6) is 0 Å². The van der Waals surface area contributed by atoms with E-state index in [4.69, 9.17) is 9.47 Å². The van der Waals surface area contributed by atoms with E-state index < -0.39 is 17.9 Å². The first-order valence-electron chi connectivity index (χ1n) is 6.44. The maximum atomic E-state index is 12.2. The standard InChI is InChI=1S/C14H16F3NO3/c1-13(2)20-8-11(21-13)10-6-4-3-5-9(10)7-18-12(19)14(15,16)17/h3-6,11H,7-8H2,1-2H3,(H,18,19). The molecule has 0 aliphatic carbocycles. The maximum Gasteiger partial charge on any atom is 0.471 e. The second kappa shape index (κ2) is 5.65. The molecule has 0 bridgehead atoms. The van der Waals surface area contributed by atoms with E-state index >= 15 is 0 Å². The van der Waals surface area contributed by atoms with Crippen LogP contribution in [0.2, 0.25) is 0 Å². The summed E-state index contributed by atoms with van der Waals surface area (Å²) in [7, 11) is 0. The van der Waals surface area contributed by atoms with Crippen LogP contribution in [0, 0.1) is 0 Å². The average molecular weight is 303 g/mol. The molecule has 0 spiro atoms. The first-order valence-corrected chi connectivity index (χ1v) is 6.44. The predicted molar refractivity (Wildman–Crippen MR) is 68.2 cm³/mol. The minimum Gasteiger partial charge on any atom is -0.347 e. The Balaban J connectivity index is 2.09. The highest BCUT2D eigenvalue weighted by Gasteiger charge is 2.39. The van der Waals surface area contributed by atoms with Gasteiger partial charge in [-0.05, 0) is 25.0 Å². The molecule has 1 N–H and O–H groups in total. The number of hydrogen-bond donors (Lipinski definition) is 1. The molecule has 1 heterocycles. The second-order valence-electron chi connectivity index (χ2n) is 5.20. The van der Waals surface area contributed by atoms with Gasteiger partial charge in [0.2, 0.25) is 0 Å². The Bertz CT molecular complexity index is 528. The predicted octanol–water partition coefficient (Wildman–Crippen LogP) is 2.69. The van der Waals surface area contributed by atoms with Crippen molar-refractivity contribution < 1.29 is 27.4 Å². The summed E-state index contributed by atoms with van der Waals surface area (Å²) < 4.78 is 47.7. The van der Waals surface area contributed by atoms with Crippen molar-refractivity contribution in [1.29, 1.82) is 0 Å². The molecular formula is C14H16F3NO3. The molecule has 7 heteroatoms. The third-order valence-corrected chi connectivity index (χ3v) is 3.11. The number of amides is 1. The second-order valence-corrected chi connectivity index (χ2v) is 5.20. The third-order valence-electron chi connectivity index (χ3n) is 3.11. The summed E-state index contributed by atoms with van der Waals surface area (Å²) in [6.07, 6.45) is -5.25. The fourth-order valence-corrected chi connectivity index (χ4v) is 2.13. The summed E-state index contributed by atoms with van der Waals surface area (Å²) in [4.78, 5) is 10.9. The number of carbonyl (C=O) groups excluding carboxylic acids is 1. The lowest BCUT2D eigenvalue weighted by molar-refractivity contribution is -0.173. The number of nitrogens with one attached hydrogen (secondary N) is 1. The molecule has 116 valence electrons. The van der Waals surface area contributed by atoms with Gasteiger partial charge in [-0.1, -0.05) is 24.3 Å². The summed E-state index contributed by atoms with van der Waals surface area (Å²) >= 11 is 0. The van der Waals surface area contributed by atoms with Gasteiger partial charge >= 0.3 is 12.1 Å². The molecule has 0 aromatic heterocycles. The van der Waals surface area contributed by atoms with E-state index in [-0.39, 0.29) is 12.6 Å². The number of hydrogen-bond acceptors (Lipinski definition) is 3. The Morgan fingerprint density at radius 1 is 1.38 bits per heavy atom. The lowest BCUT2D eigenvalue weighted by atomic mass is 10.0. The Morgan fingerprint density at radius 2 is 2.05 bits per heavy atom. The summed E-state index contributed by atoms with van der Waals surface area (Å²) in [5.41, 5.74) is 1.28. The van der Waals surface area contributed by atoms with Crippen LogP contribution < -0.4 is 5.32 Å². The first kappa shape index (κ1) is 15.8. The SMILES string of the molecule is CC1(C)OCC(c2ccccc2CNC(=O)C(F)(F)F)O1. The van der Waals surface area contributed by atoms with Gasteiger partial charge in [0.25, 0.3) is 0 Å². The molecule has 1 aliphatic rings. The van der Waals surface area contributed by atoms with Crippen molar-refractivity contribution in [1.82, 2.24) is 5.32 Å². The lowest BCUT2D eigenvalue weighted by Gasteiger charge is -2.19. The van der Waals surface area contributed by atoms with Gasteiger partial charge in [0.1, 0.15) is 6.10 Å². The zero-order valence-electron chi connectivity index (χ0n) is 11.7. The van der Waals surface area contributed by atoms with Crippen LogP contribution in [0.3, 0.4) is 0 Å². The molecule has 1 saturated heterocycles. The number of benzene rings is 1. The van der Waals surface area contributed by atoms with Gasteiger partial charge in [-0.15, -0.1) is 0 Å². The summed E-state index contributed by atoms with van der Waals surface area (Å²) in [5.74, 6) is -2.69. The Morgan fingerprint density at radius 3 is 2.62 bits per heavy atom. The van der Waals surface area contributed by atoms with Crippen LogP contribution in [0.4, 0.5) is 13.2 Å². The molecule has 1 unspecified atom stereocenters. The molecule has 1 atom stereocenters. The molecule has 0 radical (unpaired) electrons. The molecular weight excluding hydrogens is 287 g/mol. The molecule has 1 aliphatic heterocycles. The van der Waals surface area contributed by atoms with E-state index in [1.54, 1.807) is 38.1 Å². The summed E-state index contributed by atoms with van der Waals surface area (Å²) in [5, 5.41) is 1.86. The topological polar surface area (TPSA) is 47.6 Å². The summed E-state index contributed by atoms with van der Waals surface area (Å²) in [6, 6.07) is 6.86. The van der Waals surface area contributed by atoms with Crippen LogP contribution in [-0.4, -0.2) is 24.5 Å². The zero-order chi connectivity index (χ0) is 15.7. The zero-order valence-corrected chi connectivity index (χ0v) is 11.7. The van der Waals surface area contributed by atoms with Crippen molar-refractivity contribution in [3.63, 3.8) is 0 Å². The number of halogens is 3.